The van der Waals surface area contributed by atoms with Gasteiger partial charge in [0.2, 0.25) is 0 Å². The number of phenolic OH excluding ortho intramolecular Hbond substituents is 2. The highest BCUT2D eigenvalue weighted by Crippen LogP contribution is 2.33. The molecule has 2 aromatic carbocycles. The lowest BCUT2D eigenvalue weighted by Gasteiger charge is -2.14. The number of aromatic hydroxyl groups is 2. The zero-order chi connectivity index (χ0) is 19.2. The van der Waals surface area contributed by atoms with Crippen molar-refractivity contribution in [2.75, 3.05) is 19.5 Å². The molecular formula is C21H22N2O4. The maximum absolute atomic E-state index is 10.0. The fourth-order valence-electron chi connectivity index (χ4n) is 2.80. The van der Waals surface area contributed by atoms with Crippen molar-refractivity contribution < 1.29 is 19.4 Å². The van der Waals surface area contributed by atoms with Crippen LogP contribution in [0.15, 0.2) is 64.0 Å². The first-order valence-electron chi connectivity index (χ1n) is 8.51. The van der Waals surface area contributed by atoms with Crippen molar-refractivity contribution in [1.82, 2.24) is 0 Å². The number of anilines is 1. The number of phenols is 2. The molecule has 3 N–H and O–H groups in total. The van der Waals surface area contributed by atoms with Gasteiger partial charge in [-0.05, 0) is 23.8 Å². The standard InChI is InChI=1S/C21H22N2O4/c1-22-21(20-9-8-15(27-20)13-26-2)16-10-18(24)19(25)11-17(16)23-12-14-6-4-3-5-7-14/h3-11,23-25H,12-13H2,1-2H3/b22-21+. The number of aliphatic imine (C=N–C) groups is 1. The molecule has 0 amide bonds. The van der Waals surface area contributed by atoms with Crippen LogP contribution in [0, 0.1) is 0 Å². The third-order valence-electron chi connectivity index (χ3n) is 4.10. The number of hydrogen-bond acceptors (Lipinski definition) is 6. The van der Waals surface area contributed by atoms with Crippen LogP contribution in [0.5, 0.6) is 11.5 Å². The third-order valence-corrected chi connectivity index (χ3v) is 4.10. The van der Waals surface area contributed by atoms with Crippen molar-refractivity contribution in [3.8, 4) is 11.5 Å². The Morgan fingerprint density at radius 3 is 2.52 bits per heavy atom. The van der Waals surface area contributed by atoms with Gasteiger partial charge in [0.05, 0.1) is 0 Å². The minimum atomic E-state index is -0.222. The highest BCUT2D eigenvalue weighted by atomic mass is 16.5. The van der Waals surface area contributed by atoms with Gasteiger partial charge in [-0.15, -0.1) is 0 Å². The van der Waals surface area contributed by atoms with Crippen molar-refractivity contribution in [3.63, 3.8) is 0 Å². The van der Waals surface area contributed by atoms with E-state index < -0.39 is 0 Å². The SMILES string of the molecule is C/N=C(/c1ccc(COC)o1)c1cc(O)c(O)cc1NCc1ccccc1. The maximum atomic E-state index is 10.0. The lowest BCUT2D eigenvalue weighted by atomic mass is 10.0. The molecule has 0 aliphatic rings. The highest BCUT2D eigenvalue weighted by molar-refractivity contribution is 6.14. The summed E-state index contributed by atoms with van der Waals surface area (Å²) in [6.45, 7) is 0.916. The number of furan rings is 1. The quantitative estimate of drug-likeness (QED) is 0.335. The van der Waals surface area contributed by atoms with Crippen molar-refractivity contribution in [2.45, 2.75) is 13.2 Å². The van der Waals surface area contributed by atoms with Crippen LogP contribution < -0.4 is 5.32 Å². The summed E-state index contributed by atoms with van der Waals surface area (Å²) in [5, 5.41) is 23.3. The van der Waals surface area contributed by atoms with Gasteiger partial charge < -0.3 is 24.7 Å². The summed E-state index contributed by atoms with van der Waals surface area (Å²) in [5.74, 6) is 0.803. The van der Waals surface area contributed by atoms with E-state index in [-0.39, 0.29) is 11.5 Å². The van der Waals surface area contributed by atoms with E-state index in [1.165, 1.54) is 12.1 Å². The topological polar surface area (TPSA) is 87.2 Å². The summed E-state index contributed by atoms with van der Waals surface area (Å²) in [7, 11) is 3.25. The van der Waals surface area contributed by atoms with Crippen LogP contribution in [0.25, 0.3) is 0 Å². The molecule has 6 nitrogen and oxygen atoms in total. The van der Waals surface area contributed by atoms with Crippen LogP contribution in [0.3, 0.4) is 0 Å². The molecule has 0 radical (unpaired) electrons. The molecule has 3 rings (SSSR count). The first-order chi connectivity index (χ1) is 13.1. The molecule has 0 saturated heterocycles. The Bertz CT molecular complexity index is 933. The summed E-state index contributed by atoms with van der Waals surface area (Å²) < 4.78 is 10.9. The van der Waals surface area contributed by atoms with E-state index in [1.807, 2.05) is 42.5 Å². The molecular weight excluding hydrogens is 344 g/mol. The molecule has 0 fully saturated rings. The van der Waals surface area contributed by atoms with Crippen LogP contribution in [0.2, 0.25) is 0 Å². The number of nitrogens with zero attached hydrogens (tertiary/aromatic N) is 1. The average Bonchev–Trinajstić information content (AvgIpc) is 3.13. The number of methoxy groups -OCH3 is 1. The van der Waals surface area contributed by atoms with E-state index in [2.05, 4.69) is 10.3 Å². The summed E-state index contributed by atoms with van der Waals surface area (Å²) in [4.78, 5) is 4.34. The van der Waals surface area contributed by atoms with Gasteiger partial charge in [0.25, 0.3) is 0 Å². The molecule has 6 heteroatoms. The second-order valence-electron chi connectivity index (χ2n) is 6.00. The molecule has 0 spiro atoms. The number of rotatable bonds is 7. The van der Waals surface area contributed by atoms with Crippen LogP contribution in [0.1, 0.15) is 22.6 Å². The van der Waals surface area contributed by atoms with E-state index in [1.54, 1.807) is 14.2 Å². The highest BCUT2D eigenvalue weighted by Gasteiger charge is 2.18. The predicted molar refractivity (Wildman–Crippen MR) is 105 cm³/mol. The molecule has 3 aromatic rings. The summed E-state index contributed by atoms with van der Waals surface area (Å²) in [6.07, 6.45) is 0. The van der Waals surface area contributed by atoms with Gasteiger partial charge in [-0.3, -0.25) is 4.99 Å². The van der Waals surface area contributed by atoms with Crippen LogP contribution in [0.4, 0.5) is 5.69 Å². The third kappa shape index (κ3) is 4.30. The van der Waals surface area contributed by atoms with Crippen LogP contribution in [-0.2, 0) is 17.9 Å². The van der Waals surface area contributed by atoms with E-state index in [0.717, 1.165) is 5.56 Å². The van der Waals surface area contributed by atoms with E-state index >= 15 is 0 Å². The Kier molecular flexibility index (Phi) is 5.78. The van der Waals surface area contributed by atoms with Crippen molar-refractivity contribution in [1.29, 1.82) is 0 Å². The molecule has 0 aliphatic heterocycles. The number of benzene rings is 2. The summed E-state index contributed by atoms with van der Waals surface area (Å²) in [6, 6.07) is 16.5. The Morgan fingerprint density at radius 1 is 1.07 bits per heavy atom. The van der Waals surface area contributed by atoms with Gasteiger partial charge in [-0.25, -0.2) is 0 Å². The maximum Gasteiger partial charge on any atom is 0.159 e. The van der Waals surface area contributed by atoms with Gasteiger partial charge in [-0.2, -0.15) is 0 Å². The smallest absolute Gasteiger partial charge is 0.159 e. The minimum Gasteiger partial charge on any atom is -0.504 e. The number of nitrogens with one attached hydrogen (secondary N) is 1. The molecule has 1 heterocycles. The van der Waals surface area contributed by atoms with Gasteiger partial charge >= 0.3 is 0 Å². The van der Waals surface area contributed by atoms with Gasteiger partial charge in [-0.1, -0.05) is 30.3 Å². The fraction of sp³-hybridized carbons (Fsp3) is 0.190. The average molecular weight is 366 g/mol. The molecule has 27 heavy (non-hydrogen) atoms. The largest absolute Gasteiger partial charge is 0.504 e. The monoisotopic (exact) mass is 366 g/mol. The van der Waals surface area contributed by atoms with E-state index in [9.17, 15) is 10.2 Å². The molecule has 0 unspecified atom stereocenters. The first-order valence-corrected chi connectivity index (χ1v) is 8.51. The Morgan fingerprint density at radius 2 is 1.81 bits per heavy atom. The van der Waals surface area contributed by atoms with Crippen LogP contribution in [-0.4, -0.2) is 30.1 Å². The van der Waals surface area contributed by atoms with Gasteiger partial charge in [0.15, 0.2) is 17.3 Å². The lowest BCUT2D eigenvalue weighted by Crippen LogP contribution is -2.09. The van der Waals surface area contributed by atoms with Crippen molar-refractivity contribution in [3.05, 3.63) is 77.2 Å². The van der Waals surface area contributed by atoms with E-state index in [0.29, 0.717) is 41.6 Å². The normalized spacial score (nSPS) is 11.6. The number of hydrogen-bond donors (Lipinski definition) is 3. The van der Waals surface area contributed by atoms with Crippen molar-refractivity contribution in [2.24, 2.45) is 4.99 Å². The summed E-state index contributed by atoms with van der Waals surface area (Å²) >= 11 is 0. The first kappa shape index (κ1) is 18.5. The fourth-order valence-corrected chi connectivity index (χ4v) is 2.80. The molecule has 140 valence electrons. The summed E-state index contributed by atoms with van der Waals surface area (Å²) in [5.41, 5.74) is 2.91. The Hall–Kier alpha value is -3.25. The van der Waals surface area contributed by atoms with Crippen LogP contribution >= 0.6 is 0 Å². The van der Waals surface area contributed by atoms with Gasteiger partial charge in [0, 0.05) is 38.0 Å². The molecule has 1 aromatic heterocycles. The van der Waals surface area contributed by atoms with E-state index in [4.69, 9.17) is 9.15 Å². The predicted octanol–water partition coefficient (Wildman–Crippen LogP) is 3.92. The van der Waals surface area contributed by atoms with Crippen molar-refractivity contribution >= 4 is 11.4 Å². The molecule has 0 saturated carbocycles. The second-order valence-corrected chi connectivity index (χ2v) is 6.00. The Labute approximate surface area is 157 Å². The Balaban J connectivity index is 1.95. The molecule has 0 bridgehead atoms. The zero-order valence-electron chi connectivity index (χ0n) is 15.3. The lowest BCUT2D eigenvalue weighted by molar-refractivity contribution is 0.164. The second kappa shape index (κ2) is 8.42. The molecule has 0 aliphatic carbocycles. The molecule has 0 atom stereocenters. The van der Waals surface area contributed by atoms with Gasteiger partial charge in [0.1, 0.15) is 18.1 Å². The zero-order valence-corrected chi connectivity index (χ0v) is 15.3. The number of ether oxygens (including phenoxy) is 1. The minimum absolute atomic E-state index is 0.204.